The van der Waals surface area contributed by atoms with Crippen LogP contribution in [0.25, 0.3) is 0 Å². The van der Waals surface area contributed by atoms with E-state index >= 15 is 0 Å². The molecule has 1 fully saturated rings. The van der Waals surface area contributed by atoms with E-state index in [1.807, 2.05) is 0 Å². The van der Waals surface area contributed by atoms with Gasteiger partial charge in [-0.05, 0) is 12.8 Å². The summed E-state index contributed by atoms with van der Waals surface area (Å²) >= 11 is 0. The van der Waals surface area contributed by atoms with Crippen LogP contribution in [0.4, 0.5) is 0 Å². The maximum atomic E-state index is 5.63. The Morgan fingerprint density at radius 2 is 2.40 bits per heavy atom. The molecule has 1 saturated heterocycles. The molecule has 0 radical (unpaired) electrons. The molecule has 10 heavy (non-hydrogen) atoms. The van der Waals surface area contributed by atoms with Crippen LogP contribution in [0.15, 0.2) is 0 Å². The molecule has 0 aromatic carbocycles. The molecular weight excluding hydrogens is 130 g/mol. The van der Waals surface area contributed by atoms with Gasteiger partial charge in [-0.15, -0.1) is 0 Å². The summed E-state index contributed by atoms with van der Waals surface area (Å²) in [6.45, 7) is 1.39. The minimum absolute atomic E-state index is 0.244. The van der Waals surface area contributed by atoms with Crippen molar-refractivity contribution in [2.75, 3.05) is 20.3 Å². The van der Waals surface area contributed by atoms with Crippen LogP contribution < -0.4 is 5.73 Å². The van der Waals surface area contributed by atoms with Crippen LogP contribution >= 0.6 is 0 Å². The monoisotopic (exact) mass is 145 g/mol. The molecule has 0 amide bonds. The predicted molar refractivity (Wildman–Crippen MR) is 38.8 cm³/mol. The van der Waals surface area contributed by atoms with Gasteiger partial charge in [-0.1, -0.05) is 0 Å². The Balaban J connectivity index is 2.13. The van der Waals surface area contributed by atoms with Crippen LogP contribution in [0.2, 0.25) is 0 Å². The number of nitrogens with two attached hydrogens (primary N) is 1. The van der Waals surface area contributed by atoms with E-state index in [0.717, 1.165) is 12.8 Å². The first-order valence-electron chi connectivity index (χ1n) is 3.69. The van der Waals surface area contributed by atoms with Gasteiger partial charge in [0.15, 0.2) is 0 Å². The van der Waals surface area contributed by atoms with Crippen molar-refractivity contribution >= 4 is 0 Å². The summed E-state index contributed by atoms with van der Waals surface area (Å²) in [5.74, 6) is 0. The summed E-state index contributed by atoms with van der Waals surface area (Å²) in [5.41, 5.74) is 5.63. The molecule has 0 bridgehead atoms. The molecule has 1 rings (SSSR count). The molecule has 0 aliphatic carbocycles. The second kappa shape index (κ2) is 3.91. The smallest absolute Gasteiger partial charge is 0.0809 e. The van der Waals surface area contributed by atoms with E-state index in [0.29, 0.717) is 13.2 Å². The fourth-order valence-electron chi connectivity index (χ4n) is 1.14. The molecule has 0 aromatic rings. The third kappa shape index (κ3) is 2.25. The fraction of sp³-hybridized carbons (Fsp3) is 1.00. The SMILES string of the molecule is COCC1CCC(N)CO1. The first-order valence-corrected chi connectivity index (χ1v) is 3.69. The average Bonchev–Trinajstić information content (AvgIpc) is 1.95. The molecule has 60 valence electrons. The van der Waals surface area contributed by atoms with Gasteiger partial charge in [-0.3, -0.25) is 0 Å². The maximum absolute atomic E-state index is 5.63. The zero-order valence-electron chi connectivity index (χ0n) is 6.38. The van der Waals surface area contributed by atoms with Gasteiger partial charge in [-0.2, -0.15) is 0 Å². The molecule has 2 unspecified atom stereocenters. The van der Waals surface area contributed by atoms with E-state index in [1.165, 1.54) is 0 Å². The highest BCUT2D eigenvalue weighted by Gasteiger charge is 2.17. The van der Waals surface area contributed by atoms with Crippen LogP contribution in [0, 0.1) is 0 Å². The highest BCUT2D eigenvalue weighted by atomic mass is 16.5. The standard InChI is InChI=1S/C7H15NO2/c1-9-5-7-3-2-6(8)4-10-7/h6-7H,2-5,8H2,1H3. The Kier molecular flexibility index (Phi) is 3.12. The van der Waals surface area contributed by atoms with E-state index < -0.39 is 0 Å². The molecule has 3 heteroatoms. The summed E-state index contributed by atoms with van der Waals surface area (Å²) < 4.78 is 10.3. The lowest BCUT2D eigenvalue weighted by atomic mass is 10.1. The summed E-state index contributed by atoms with van der Waals surface area (Å²) in [7, 11) is 1.69. The second-order valence-electron chi connectivity index (χ2n) is 2.75. The first kappa shape index (κ1) is 7.98. The van der Waals surface area contributed by atoms with Crippen molar-refractivity contribution in [1.82, 2.24) is 0 Å². The second-order valence-corrected chi connectivity index (χ2v) is 2.75. The summed E-state index contributed by atoms with van der Waals surface area (Å²) in [4.78, 5) is 0. The minimum atomic E-state index is 0.244. The lowest BCUT2D eigenvalue weighted by molar-refractivity contribution is -0.0363. The van der Waals surface area contributed by atoms with Crippen molar-refractivity contribution in [3.05, 3.63) is 0 Å². The molecule has 1 aliphatic heterocycles. The third-order valence-corrected chi connectivity index (χ3v) is 1.76. The number of rotatable bonds is 2. The van der Waals surface area contributed by atoms with Gasteiger partial charge in [0.2, 0.25) is 0 Å². The van der Waals surface area contributed by atoms with E-state index in [1.54, 1.807) is 7.11 Å². The van der Waals surface area contributed by atoms with Gasteiger partial charge in [0, 0.05) is 13.2 Å². The Morgan fingerprint density at radius 3 is 2.90 bits per heavy atom. The molecule has 0 aromatic heterocycles. The molecule has 1 heterocycles. The summed E-state index contributed by atoms with van der Waals surface area (Å²) in [5, 5.41) is 0. The van der Waals surface area contributed by atoms with Crippen molar-refractivity contribution in [3.8, 4) is 0 Å². The van der Waals surface area contributed by atoms with E-state index in [-0.39, 0.29) is 12.1 Å². The lowest BCUT2D eigenvalue weighted by Crippen LogP contribution is -2.37. The zero-order chi connectivity index (χ0) is 7.40. The van der Waals surface area contributed by atoms with Gasteiger partial charge in [0.25, 0.3) is 0 Å². The van der Waals surface area contributed by atoms with Gasteiger partial charge in [0.1, 0.15) is 0 Å². The van der Waals surface area contributed by atoms with E-state index in [4.69, 9.17) is 15.2 Å². The number of hydrogen-bond donors (Lipinski definition) is 1. The number of ether oxygens (including phenoxy) is 2. The first-order chi connectivity index (χ1) is 4.83. The summed E-state index contributed by atoms with van der Waals surface area (Å²) in [6.07, 6.45) is 2.38. The highest BCUT2D eigenvalue weighted by molar-refractivity contribution is 4.71. The average molecular weight is 145 g/mol. The third-order valence-electron chi connectivity index (χ3n) is 1.76. The van der Waals surface area contributed by atoms with Gasteiger partial charge in [-0.25, -0.2) is 0 Å². The van der Waals surface area contributed by atoms with Crippen LogP contribution in [-0.4, -0.2) is 32.5 Å². The molecular formula is C7H15NO2. The Bertz CT molecular complexity index is 89.6. The molecule has 0 spiro atoms. The largest absolute Gasteiger partial charge is 0.382 e. The lowest BCUT2D eigenvalue weighted by Gasteiger charge is -2.25. The van der Waals surface area contributed by atoms with Crippen molar-refractivity contribution < 1.29 is 9.47 Å². The predicted octanol–water partition coefficient (Wildman–Crippen LogP) is 0.139. The number of hydrogen-bond acceptors (Lipinski definition) is 3. The van der Waals surface area contributed by atoms with Crippen molar-refractivity contribution in [3.63, 3.8) is 0 Å². The number of methoxy groups -OCH3 is 1. The maximum Gasteiger partial charge on any atom is 0.0809 e. The molecule has 2 atom stereocenters. The Labute approximate surface area is 61.5 Å². The van der Waals surface area contributed by atoms with Crippen LogP contribution in [0.5, 0.6) is 0 Å². The molecule has 2 N–H and O–H groups in total. The zero-order valence-corrected chi connectivity index (χ0v) is 6.38. The van der Waals surface area contributed by atoms with Gasteiger partial charge in [0.05, 0.1) is 19.3 Å². The Hall–Kier alpha value is -0.120. The van der Waals surface area contributed by atoms with E-state index in [9.17, 15) is 0 Å². The quantitative estimate of drug-likeness (QED) is 0.601. The van der Waals surface area contributed by atoms with Crippen molar-refractivity contribution in [1.29, 1.82) is 0 Å². The molecule has 3 nitrogen and oxygen atoms in total. The van der Waals surface area contributed by atoms with E-state index in [2.05, 4.69) is 0 Å². The van der Waals surface area contributed by atoms with Crippen LogP contribution in [-0.2, 0) is 9.47 Å². The van der Waals surface area contributed by atoms with Crippen LogP contribution in [0.3, 0.4) is 0 Å². The normalized spacial score (nSPS) is 34.2. The topological polar surface area (TPSA) is 44.5 Å². The fourth-order valence-corrected chi connectivity index (χ4v) is 1.14. The minimum Gasteiger partial charge on any atom is -0.382 e. The van der Waals surface area contributed by atoms with Gasteiger partial charge >= 0.3 is 0 Å². The van der Waals surface area contributed by atoms with Crippen molar-refractivity contribution in [2.45, 2.75) is 25.0 Å². The van der Waals surface area contributed by atoms with Gasteiger partial charge < -0.3 is 15.2 Å². The van der Waals surface area contributed by atoms with Crippen LogP contribution in [0.1, 0.15) is 12.8 Å². The molecule has 1 aliphatic rings. The Morgan fingerprint density at radius 1 is 1.60 bits per heavy atom. The molecule has 0 saturated carbocycles. The van der Waals surface area contributed by atoms with Crippen molar-refractivity contribution in [2.24, 2.45) is 5.73 Å². The highest BCUT2D eigenvalue weighted by Crippen LogP contribution is 2.11. The summed E-state index contributed by atoms with van der Waals surface area (Å²) in [6, 6.07) is 0.244.